The van der Waals surface area contributed by atoms with Crippen molar-refractivity contribution in [2.75, 3.05) is 13.3 Å². The quantitative estimate of drug-likeness (QED) is 0.693. The molecule has 26 heavy (non-hydrogen) atoms. The summed E-state index contributed by atoms with van der Waals surface area (Å²) >= 11 is 0. The van der Waals surface area contributed by atoms with Crippen LogP contribution < -0.4 is 0 Å². The molecule has 0 saturated carbocycles. The summed E-state index contributed by atoms with van der Waals surface area (Å²) < 4.78 is 24.8. The van der Waals surface area contributed by atoms with E-state index in [0.29, 0.717) is 12.1 Å². The molecule has 0 aliphatic rings. The number of hydrogen-bond acceptors (Lipinski definition) is 4. The van der Waals surface area contributed by atoms with Gasteiger partial charge in [-0.1, -0.05) is 18.2 Å². The van der Waals surface area contributed by atoms with E-state index in [1.54, 1.807) is 22.8 Å². The van der Waals surface area contributed by atoms with Crippen molar-refractivity contribution in [3.63, 3.8) is 0 Å². The molecule has 0 aliphatic carbocycles. The Labute approximate surface area is 152 Å². The van der Waals surface area contributed by atoms with Gasteiger partial charge in [0.2, 0.25) is 0 Å². The van der Waals surface area contributed by atoms with E-state index in [1.807, 2.05) is 36.5 Å². The van der Waals surface area contributed by atoms with Crippen LogP contribution in [0.25, 0.3) is 5.69 Å². The van der Waals surface area contributed by atoms with E-state index in [2.05, 4.69) is 5.10 Å². The normalized spacial score (nSPS) is 11.3. The maximum absolute atomic E-state index is 12.5. The summed E-state index contributed by atoms with van der Waals surface area (Å²) in [4.78, 5) is 14.3. The van der Waals surface area contributed by atoms with Gasteiger partial charge in [0.15, 0.2) is 9.84 Å². The number of rotatable bonds is 5. The van der Waals surface area contributed by atoms with E-state index in [4.69, 9.17) is 0 Å². The lowest BCUT2D eigenvalue weighted by Crippen LogP contribution is -2.26. The number of sulfone groups is 1. The third-order valence-electron chi connectivity index (χ3n) is 3.95. The standard InChI is InChI=1S/C19H19N3O3S/c1-21(19(23)16-8-10-18(11-9-16)26(2,24)25)13-15-12-20-22(14-15)17-6-4-3-5-7-17/h3-12,14H,13H2,1-2H3. The number of carbonyl (C=O) groups excluding carboxylic acids is 1. The fourth-order valence-corrected chi connectivity index (χ4v) is 3.20. The molecule has 0 aliphatic heterocycles. The summed E-state index contributed by atoms with van der Waals surface area (Å²) in [7, 11) is -1.57. The Morgan fingerprint density at radius 2 is 1.73 bits per heavy atom. The molecule has 1 amide bonds. The summed E-state index contributed by atoms with van der Waals surface area (Å²) in [5, 5.41) is 4.32. The molecule has 1 aromatic heterocycles. The van der Waals surface area contributed by atoms with E-state index in [1.165, 1.54) is 24.3 Å². The first-order valence-electron chi connectivity index (χ1n) is 7.99. The zero-order chi connectivity index (χ0) is 18.7. The van der Waals surface area contributed by atoms with Crippen molar-refractivity contribution < 1.29 is 13.2 Å². The predicted molar refractivity (Wildman–Crippen MR) is 98.9 cm³/mol. The maximum atomic E-state index is 12.5. The average molecular weight is 369 g/mol. The van der Waals surface area contributed by atoms with Crippen LogP contribution in [0, 0.1) is 0 Å². The molecule has 0 unspecified atom stereocenters. The van der Waals surface area contributed by atoms with E-state index in [-0.39, 0.29) is 10.8 Å². The Morgan fingerprint density at radius 1 is 1.08 bits per heavy atom. The second-order valence-electron chi connectivity index (χ2n) is 6.09. The van der Waals surface area contributed by atoms with Gasteiger partial charge in [-0.2, -0.15) is 5.10 Å². The van der Waals surface area contributed by atoms with Gasteiger partial charge in [0.1, 0.15) is 0 Å². The van der Waals surface area contributed by atoms with Gasteiger partial charge < -0.3 is 4.90 Å². The second kappa shape index (κ2) is 7.13. The third-order valence-corrected chi connectivity index (χ3v) is 5.08. The van der Waals surface area contributed by atoms with Crippen molar-refractivity contribution in [2.45, 2.75) is 11.4 Å². The van der Waals surface area contributed by atoms with Crippen LogP contribution in [-0.4, -0.2) is 42.3 Å². The van der Waals surface area contributed by atoms with Gasteiger partial charge in [0.05, 0.1) is 16.8 Å². The van der Waals surface area contributed by atoms with Gasteiger partial charge in [0, 0.05) is 37.2 Å². The molecule has 0 spiro atoms. The Kier molecular flexibility index (Phi) is 4.90. The number of hydrogen-bond donors (Lipinski definition) is 0. The monoisotopic (exact) mass is 369 g/mol. The molecule has 3 aromatic rings. The fourth-order valence-electron chi connectivity index (χ4n) is 2.57. The van der Waals surface area contributed by atoms with Crippen LogP contribution in [-0.2, 0) is 16.4 Å². The van der Waals surface area contributed by atoms with Crippen LogP contribution >= 0.6 is 0 Å². The number of para-hydroxylation sites is 1. The van der Waals surface area contributed by atoms with Crippen LogP contribution in [0.3, 0.4) is 0 Å². The summed E-state index contributed by atoms with van der Waals surface area (Å²) in [5.41, 5.74) is 2.29. The topological polar surface area (TPSA) is 72.3 Å². The summed E-state index contributed by atoms with van der Waals surface area (Å²) in [6, 6.07) is 15.7. The average Bonchev–Trinajstić information content (AvgIpc) is 3.09. The minimum atomic E-state index is -3.27. The molecule has 2 aromatic carbocycles. The first kappa shape index (κ1) is 17.9. The van der Waals surface area contributed by atoms with Crippen LogP contribution in [0.2, 0.25) is 0 Å². The van der Waals surface area contributed by atoms with E-state index in [0.717, 1.165) is 17.5 Å². The van der Waals surface area contributed by atoms with Gasteiger partial charge in [0.25, 0.3) is 5.91 Å². The first-order chi connectivity index (χ1) is 12.3. The van der Waals surface area contributed by atoms with Crippen molar-refractivity contribution >= 4 is 15.7 Å². The second-order valence-corrected chi connectivity index (χ2v) is 8.10. The van der Waals surface area contributed by atoms with Gasteiger partial charge in [-0.15, -0.1) is 0 Å². The lowest BCUT2D eigenvalue weighted by atomic mass is 10.2. The number of aromatic nitrogens is 2. The first-order valence-corrected chi connectivity index (χ1v) is 9.88. The minimum absolute atomic E-state index is 0.183. The molecule has 1 heterocycles. The fraction of sp³-hybridized carbons (Fsp3) is 0.158. The molecule has 0 bridgehead atoms. The smallest absolute Gasteiger partial charge is 0.253 e. The Balaban J connectivity index is 1.71. The highest BCUT2D eigenvalue weighted by Crippen LogP contribution is 2.14. The molecule has 134 valence electrons. The largest absolute Gasteiger partial charge is 0.337 e. The predicted octanol–water partition coefficient (Wildman–Crippen LogP) is 2.55. The molecule has 3 rings (SSSR count). The van der Waals surface area contributed by atoms with Crippen molar-refractivity contribution in [1.29, 1.82) is 0 Å². The molecule has 0 saturated heterocycles. The molecule has 7 heteroatoms. The highest BCUT2D eigenvalue weighted by Gasteiger charge is 2.14. The molecule has 0 radical (unpaired) electrons. The van der Waals surface area contributed by atoms with Crippen molar-refractivity contribution in [3.05, 3.63) is 78.1 Å². The molecule has 0 N–H and O–H groups in total. The molecular weight excluding hydrogens is 350 g/mol. The van der Waals surface area contributed by atoms with Crippen LogP contribution in [0.4, 0.5) is 0 Å². The maximum Gasteiger partial charge on any atom is 0.253 e. The van der Waals surface area contributed by atoms with Crippen molar-refractivity contribution in [1.82, 2.24) is 14.7 Å². The molecular formula is C19H19N3O3S. The van der Waals surface area contributed by atoms with Gasteiger partial charge in [-0.25, -0.2) is 13.1 Å². The molecule has 0 atom stereocenters. The summed E-state index contributed by atoms with van der Waals surface area (Å²) in [6.07, 6.45) is 4.75. The van der Waals surface area contributed by atoms with E-state index < -0.39 is 9.84 Å². The van der Waals surface area contributed by atoms with Crippen molar-refractivity contribution in [2.24, 2.45) is 0 Å². The van der Waals surface area contributed by atoms with Crippen molar-refractivity contribution in [3.8, 4) is 5.69 Å². The van der Waals surface area contributed by atoms with Gasteiger partial charge in [-0.05, 0) is 36.4 Å². The Bertz CT molecular complexity index is 1010. The Hall–Kier alpha value is -2.93. The van der Waals surface area contributed by atoms with Crippen LogP contribution in [0.1, 0.15) is 15.9 Å². The SMILES string of the molecule is CN(Cc1cnn(-c2ccccc2)c1)C(=O)c1ccc(S(C)(=O)=O)cc1. The Morgan fingerprint density at radius 3 is 2.35 bits per heavy atom. The number of amides is 1. The van der Waals surface area contributed by atoms with Gasteiger partial charge in [-0.3, -0.25) is 4.79 Å². The van der Waals surface area contributed by atoms with E-state index >= 15 is 0 Å². The number of carbonyl (C=O) groups is 1. The zero-order valence-electron chi connectivity index (χ0n) is 14.5. The zero-order valence-corrected chi connectivity index (χ0v) is 15.3. The highest BCUT2D eigenvalue weighted by atomic mass is 32.2. The summed E-state index contributed by atoms with van der Waals surface area (Å²) in [6.45, 7) is 0.402. The lowest BCUT2D eigenvalue weighted by molar-refractivity contribution is 0.0785. The molecule has 6 nitrogen and oxygen atoms in total. The highest BCUT2D eigenvalue weighted by molar-refractivity contribution is 7.90. The number of nitrogens with zero attached hydrogens (tertiary/aromatic N) is 3. The lowest BCUT2D eigenvalue weighted by Gasteiger charge is -2.16. The molecule has 0 fully saturated rings. The number of benzene rings is 2. The van der Waals surface area contributed by atoms with E-state index in [9.17, 15) is 13.2 Å². The van der Waals surface area contributed by atoms with Crippen LogP contribution in [0.15, 0.2) is 71.9 Å². The van der Waals surface area contributed by atoms with Gasteiger partial charge >= 0.3 is 0 Å². The minimum Gasteiger partial charge on any atom is -0.337 e. The summed E-state index contributed by atoms with van der Waals surface area (Å²) in [5.74, 6) is -0.183. The third kappa shape index (κ3) is 4.00. The van der Waals surface area contributed by atoms with Crippen LogP contribution in [0.5, 0.6) is 0 Å².